The summed E-state index contributed by atoms with van der Waals surface area (Å²) in [4.78, 5) is 17.0. The summed E-state index contributed by atoms with van der Waals surface area (Å²) < 4.78 is 68.5. The molecule has 5 N–H and O–H groups in total. The molecule has 3 rings (SSSR count). The number of nitrogens with two attached hydrogens (primary N) is 2. The van der Waals surface area contributed by atoms with Crippen molar-refractivity contribution < 1.29 is 36.2 Å². The van der Waals surface area contributed by atoms with Crippen LogP contribution < -0.4 is 26.3 Å². The fourth-order valence-corrected chi connectivity index (χ4v) is 3.23. The number of carbonyl (C=O) groups is 1. The molecule has 1 amide bonds. The van der Waals surface area contributed by atoms with Crippen molar-refractivity contribution in [1.82, 2.24) is 10.3 Å². The SMILES string of the molecule is C[C@H](N)c1oc(-c2ccc(OC(F)F)c(OCCCCN)c2)nc1C(=O)NCc1ccc(F)cc1F.Cl.Cl. The molecule has 0 aliphatic carbocycles. The van der Waals surface area contributed by atoms with Gasteiger partial charge in [0.25, 0.3) is 5.91 Å². The van der Waals surface area contributed by atoms with Gasteiger partial charge >= 0.3 is 6.61 Å². The fraction of sp³-hybridized carbons (Fsp3) is 0.333. The van der Waals surface area contributed by atoms with E-state index in [2.05, 4.69) is 15.0 Å². The Kier molecular flexibility index (Phi) is 13.3. The number of aromatic nitrogens is 1. The average Bonchev–Trinajstić information content (AvgIpc) is 3.28. The van der Waals surface area contributed by atoms with Crippen LogP contribution in [0.15, 0.2) is 40.8 Å². The van der Waals surface area contributed by atoms with Crippen molar-refractivity contribution in [3.63, 3.8) is 0 Å². The van der Waals surface area contributed by atoms with Gasteiger partial charge < -0.3 is 30.7 Å². The summed E-state index contributed by atoms with van der Waals surface area (Å²) in [6.07, 6.45) is 1.28. The molecule has 0 fully saturated rings. The molecule has 38 heavy (non-hydrogen) atoms. The minimum Gasteiger partial charge on any atom is -0.490 e. The first-order valence-electron chi connectivity index (χ1n) is 11.1. The predicted molar refractivity (Wildman–Crippen MR) is 137 cm³/mol. The average molecular weight is 583 g/mol. The topological polar surface area (TPSA) is 126 Å². The number of unbranched alkanes of at least 4 members (excludes halogenated alkanes) is 1. The molecule has 8 nitrogen and oxygen atoms in total. The molecule has 0 saturated heterocycles. The highest BCUT2D eigenvalue weighted by Crippen LogP contribution is 2.35. The molecule has 0 unspecified atom stereocenters. The summed E-state index contributed by atoms with van der Waals surface area (Å²) >= 11 is 0. The highest BCUT2D eigenvalue weighted by atomic mass is 35.5. The number of amides is 1. The molecule has 0 bridgehead atoms. The Morgan fingerprint density at radius 3 is 2.47 bits per heavy atom. The van der Waals surface area contributed by atoms with Crippen LogP contribution in [-0.2, 0) is 6.54 Å². The van der Waals surface area contributed by atoms with E-state index in [0.29, 0.717) is 31.0 Å². The maximum absolute atomic E-state index is 13.9. The smallest absolute Gasteiger partial charge is 0.387 e. The highest BCUT2D eigenvalue weighted by molar-refractivity contribution is 5.94. The number of hydrogen-bond donors (Lipinski definition) is 3. The second kappa shape index (κ2) is 15.4. The van der Waals surface area contributed by atoms with Crippen LogP contribution in [0.4, 0.5) is 17.6 Å². The Labute approximate surface area is 228 Å². The van der Waals surface area contributed by atoms with E-state index in [1.807, 2.05) is 0 Å². The van der Waals surface area contributed by atoms with E-state index in [1.165, 1.54) is 24.3 Å². The Morgan fingerprint density at radius 2 is 1.84 bits per heavy atom. The molecule has 3 aromatic rings. The Bertz CT molecular complexity index is 1200. The number of oxazole rings is 1. The number of hydrogen-bond acceptors (Lipinski definition) is 7. The van der Waals surface area contributed by atoms with Gasteiger partial charge in [-0.1, -0.05) is 6.07 Å². The van der Waals surface area contributed by atoms with Gasteiger partial charge in [-0.25, -0.2) is 13.8 Å². The van der Waals surface area contributed by atoms with Gasteiger partial charge in [-0.05, 0) is 50.6 Å². The van der Waals surface area contributed by atoms with Crippen LogP contribution in [0, 0.1) is 11.6 Å². The van der Waals surface area contributed by atoms with E-state index in [1.54, 1.807) is 6.92 Å². The van der Waals surface area contributed by atoms with Crippen molar-refractivity contribution in [3.05, 3.63) is 65.1 Å². The van der Waals surface area contributed by atoms with Crippen LogP contribution in [-0.4, -0.2) is 30.7 Å². The third kappa shape index (κ3) is 8.76. The second-order valence-corrected chi connectivity index (χ2v) is 7.82. The van der Waals surface area contributed by atoms with E-state index in [9.17, 15) is 22.4 Å². The van der Waals surface area contributed by atoms with Gasteiger partial charge in [0.05, 0.1) is 12.6 Å². The number of nitrogens with one attached hydrogen (secondary N) is 1. The lowest BCUT2D eigenvalue weighted by molar-refractivity contribution is -0.0515. The summed E-state index contributed by atoms with van der Waals surface area (Å²) in [6.45, 7) is -1.04. The molecule has 0 radical (unpaired) electrons. The van der Waals surface area contributed by atoms with Gasteiger partial charge in [-0.15, -0.1) is 24.8 Å². The van der Waals surface area contributed by atoms with Crippen molar-refractivity contribution in [1.29, 1.82) is 0 Å². The van der Waals surface area contributed by atoms with E-state index in [0.717, 1.165) is 6.07 Å². The largest absolute Gasteiger partial charge is 0.490 e. The minimum atomic E-state index is -3.06. The monoisotopic (exact) mass is 582 g/mol. The molecular weight excluding hydrogens is 555 g/mol. The number of rotatable bonds is 12. The standard InChI is InChI=1S/C24H26F4N4O4.2ClH/c1-13(30)21-20(22(33)31-12-15-4-6-16(25)11-17(15)26)32-23(36-21)14-5-7-18(35-24(27)28)19(10-14)34-9-3-2-8-29;;/h4-7,10-11,13,24H,2-3,8-9,12,29-30H2,1H3,(H,31,33);2*1H/t13-;;/m0../s1. The zero-order valence-corrected chi connectivity index (χ0v) is 21.9. The molecule has 0 aliphatic heterocycles. The summed E-state index contributed by atoms with van der Waals surface area (Å²) in [5.41, 5.74) is 11.7. The molecule has 0 spiro atoms. The molecule has 1 aromatic heterocycles. The predicted octanol–water partition coefficient (Wildman–Crippen LogP) is 5.13. The zero-order valence-electron chi connectivity index (χ0n) is 20.2. The first kappa shape index (κ1) is 33.0. The lowest BCUT2D eigenvalue weighted by atomic mass is 10.2. The Balaban J connectivity index is 0.00000361. The number of benzene rings is 2. The summed E-state index contributed by atoms with van der Waals surface area (Å²) in [5.74, 6) is -2.36. The van der Waals surface area contributed by atoms with Gasteiger partial charge in [0.2, 0.25) is 5.89 Å². The third-order valence-electron chi connectivity index (χ3n) is 5.00. The molecular formula is C24H28Cl2F4N4O4. The van der Waals surface area contributed by atoms with Crippen molar-refractivity contribution in [3.8, 4) is 23.0 Å². The second-order valence-electron chi connectivity index (χ2n) is 7.82. The maximum atomic E-state index is 13.9. The molecule has 14 heteroatoms. The van der Waals surface area contributed by atoms with Crippen LogP contribution in [0.25, 0.3) is 11.5 Å². The molecule has 1 atom stereocenters. The van der Waals surface area contributed by atoms with Crippen molar-refractivity contribution in [2.45, 2.75) is 39.0 Å². The van der Waals surface area contributed by atoms with Gasteiger partial charge in [0.1, 0.15) is 11.6 Å². The zero-order chi connectivity index (χ0) is 26.2. The van der Waals surface area contributed by atoms with Gasteiger partial charge in [-0.2, -0.15) is 8.78 Å². The van der Waals surface area contributed by atoms with Crippen molar-refractivity contribution in [2.24, 2.45) is 11.5 Å². The van der Waals surface area contributed by atoms with E-state index in [4.69, 9.17) is 20.6 Å². The number of nitrogens with zero attached hydrogens (tertiary/aromatic N) is 1. The van der Waals surface area contributed by atoms with E-state index < -0.39 is 30.2 Å². The Hall–Kier alpha value is -3.06. The molecule has 0 saturated carbocycles. The van der Waals surface area contributed by atoms with E-state index >= 15 is 0 Å². The molecule has 0 aliphatic rings. The molecule has 2 aromatic carbocycles. The summed E-state index contributed by atoms with van der Waals surface area (Å²) in [5, 5.41) is 2.50. The number of alkyl halides is 2. The van der Waals surface area contributed by atoms with Crippen LogP contribution in [0.5, 0.6) is 11.5 Å². The number of carbonyl (C=O) groups excluding carboxylic acids is 1. The summed E-state index contributed by atoms with van der Waals surface area (Å²) in [7, 11) is 0. The highest BCUT2D eigenvalue weighted by Gasteiger charge is 2.24. The summed E-state index contributed by atoms with van der Waals surface area (Å²) in [6, 6.07) is 6.34. The van der Waals surface area contributed by atoms with Crippen molar-refractivity contribution in [2.75, 3.05) is 13.2 Å². The first-order valence-corrected chi connectivity index (χ1v) is 11.1. The van der Waals surface area contributed by atoms with Gasteiger partial charge in [0.15, 0.2) is 23.0 Å². The fourth-order valence-electron chi connectivity index (χ4n) is 3.23. The quantitative estimate of drug-likeness (QED) is 0.199. The van der Waals surface area contributed by atoms with Gasteiger partial charge in [0, 0.05) is 23.7 Å². The molecule has 1 heterocycles. The minimum absolute atomic E-state index is 0. The first-order chi connectivity index (χ1) is 17.2. The number of halogens is 6. The Morgan fingerprint density at radius 1 is 1.11 bits per heavy atom. The van der Waals surface area contributed by atoms with Gasteiger partial charge in [-0.3, -0.25) is 4.79 Å². The van der Waals surface area contributed by atoms with Crippen LogP contribution in [0.3, 0.4) is 0 Å². The van der Waals surface area contributed by atoms with E-state index in [-0.39, 0.29) is 72.4 Å². The number of ether oxygens (including phenoxy) is 2. The molecule has 210 valence electrons. The lowest BCUT2D eigenvalue weighted by Gasteiger charge is -2.13. The van der Waals surface area contributed by atoms with Crippen LogP contribution >= 0.6 is 24.8 Å². The van der Waals surface area contributed by atoms with Crippen LogP contribution in [0.2, 0.25) is 0 Å². The third-order valence-corrected chi connectivity index (χ3v) is 5.00. The normalized spacial score (nSPS) is 11.4. The lowest BCUT2D eigenvalue weighted by Crippen LogP contribution is -2.25. The van der Waals surface area contributed by atoms with Crippen molar-refractivity contribution >= 4 is 30.7 Å². The maximum Gasteiger partial charge on any atom is 0.387 e. The van der Waals surface area contributed by atoms with Crippen LogP contribution in [0.1, 0.15) is 47.6 Å².